The number of hydrogen-bond acceptors (Lipinski definition) is 5. The standard InChI is InChI=1S/C29H27N3O4/c1-3-18-8-11-22(24(14-18)26(33)15-19-6-9-21(10-7-19)17(2)30)23-12-13-25(32-27(23)29(35)36)28(34)31-16-20-4-5-20/h3,6-14,20,30H,1,4-5,15-16H2,2H3,(H,31,34)(H,35,36). The summed E-state index contributed by atoms with van der Waals surface area (Å²) >= 11 is 0. The minimum Gasteiger partial charge on any atom is -0.476 e. The van der Waals surface area contributed by atoms with Crippen LogP contribution < -0.4 is 5.32 Å². The molecule has 0 atom stereocenters. The SMILES string of the molecule is C=Cc1ccc(-c2ccc(C(=O)NCC3CC3)nc2C(=O)O)c(C(=O)Cc2ccc(C(C)=N)cc2)c1. The Labute approximate surface area is 209 Å². The van der Waals surface area contributed by atoms with E-state index in [9.17, 15) is 19.5 Å². The van der Waals surface area contributed by atoms with E-state index in [0.717, 1.165) is 29.5 Å². The summed E-state index contributed by atoms with van der Waals surface area (Å²) in [7, 11) is 0. The van der Waals surface area contributed by atoms with Gasteiger partial charge in [0, 0.05) is 29.8 Å². The fraction of sp³-hybridized carbons (Fsp3) is 0.207. The number of hydrogen-bond donors (Lipinski definition) is 3. The van der Waals surface area contributed by atoms with Gasteiger partial charge in [0.15, 0.2) is 11.5 Å². The Morgan fingerprint density at radius 3 is 2.39 bits per heavy atom. The summed E-state index contributed by atoms with van der Waals surface area (Å²) in [6.07, 6.45) is 3.88. The molecule has 1 aromatic heterocycles. The molecule has 1 amide bonds. The van der Waals surface area contributed by atoms with Crippen LogP contribution in [0.1, 0.15) is 67.8 Å². The first-order valence-corrected chi connectivity index (χ1v) is 11.7. The van der Waals surface area contributed by atoms with Crippen molar-refractivity contribution in [3.05, 3.63) is 94.8 Å². The Morgan fingerprint density at radius 2 is 1.78 bits per heavy atom. The molecule has 0 radical (unpaired) electrons. The van der Waals surface area contributed by atoms with Gasteiger partial charge in [0.2, 0.25) is 0 Å². The number of carboxylic acids is 1. The second kappa shape index (κ2) is 10.5. The van der Waals surface area contributed by atoms with E-state index < -0.39 is 11.9 Å². The van der Waals surface area contributed by atoms with E-state index in [4.69, 9.17) is 5.41 Å². The molecule has 1 fully saturated rings. The van der Waals surface area contributed by atoms with Gasteiger partial charge in [0.05, 0.1) is 0 Å². The van der Waals surface area contributed by atoms with Gasteiger partial charge in [0.25, 0.3) is 5.91 Å². The number of carbonyl (C=O) groups excluding carboxylic acids is 2. The van der Waals surface area contributed by atoms with Crippen molar-refractivity contribution >= 4 is 29.4 Å². The van der Waals surface area contributed by atoms with Crippen LogP contribution in [-0.4, -0.2) is 40.0 Å². The largest absolute Gasteiger partial charge is 0.476 e. The summed E-state index contributed by atoms with van der Waals surface area (Å²) in [5.74, 6) is -1.42. The molecular weight excluding hydrogens is 454 g/mol. The number of nitrogens with one attached hydrogen (secondary N) is 2. The number of Topliss-reactive ketones (excluding diaryl/α,β-unsaturated/α-hetero) is 1. The highest BCUT2D eigenvalue weighted by atomic mass is 16.4. The number of rotatable bonds is 10. The Kier molecular flexibility index (Phi) is 7.20. The Bertz CT molecular complexity index is 1370. The molecule has 4 rings (SSSR count). The van der Waals surface area contributed by atoms with Crippen molar-refractivity contribution in [3.8, 4) is 11.1 Å². The van der Waals surface area contributed by atoms with Crippen LogP contribution in [0.2, 0.25) is 0 Å². The molecule has 0 aliphatic heterocycles. The second-order valence-corrected chi connectivity index (χ2v) is 8.98. The zero-order valence-corrected chi connectivity index (χ0v) is 20.0. The van der Waals surface area contributed by atoms with Gasteiger partial charge >= 0.3 is 5.97 Å². The lowest BCUT2D eigenvalue weighted by Gasteiger charge is -2.14. The molecule has 7 nitrogen and oxygen atoms in total. The fourth-order valence-electron chi connectivity index (χ4n) is 3.92. The van der Waals surface area contributed by atoms with Gasteiger partial charge in [-0.2, -0.15) is 0 Å². The molecule has 0 spiro atoms. The summed E-state index contributed by atoms with van der Waals surface area (Å²) in [5.41, 5.74) is 3.47. The Balaban J connectivity index is 1.69. The summed E-state index contributed by atoms with van der Waals surface area (Å²) in [4.78, 5) is 42.1. The summed E-state index contributed by atoms with van der Waals surface area (Å²) < 4.78 is 0. The molecule has 1 aliphatic carbocycles. The lowest BCUT2D eigenvalue weighted by Crippen LogP contribution is -2.27. The Morgan fingerprint density at radius 1 is 1.08 bits per heavy atom. The average molecular weight is 482 g/mol. The van der Waals surface area contributed by atoms with Crippen LogP contribution in [-0.2, 0) is 6.42 Å². The minimum atomic E-state index is -1.29. The van der Waals surface area contributed by atoms with Crippen LogP contribution in [0.4, 0.5) is 0 Å². The monoisotopic (exact) mass is 481 g/mol. The van der Waals surface area contributed by atoms with Crippen LogP contribution in [0.3, 0.4) is 0 Å². The number of nitrogens with zero attached hydrogens (tertiary/aromatic N) is 1. The zero-order valence-electron chi connectivity index (χ0n) is 20.0. The van der Waals surface area contributed by atoms with Gasteiger partial charge in [-0.15, -0.1) is 0 Å². The Hall–Kier alpha value is -4.39. The van der Waals surface area contributed by atoms with E-state index in [-0.39, 0.29) is 29.2 Å². The maximum Gasteiger partial charge on any atom is 0.355 e. The van der Waals surface area contributed by atoms with E-state index in [1.54, 1.807) is 43.3 Å². The molecule has 0 saturated heterocycles. The highest BCUT2D eigenvalue weighted by Gasteiger charge is 2.24. The van der Waals surface area contributed by atoms with Gasteiger partial charge in [-0.1, -0.05) is 49.1 Å². The molecule has 1 aliphatic rings. The third-order valence-electron chi connectivity index (χ3n) is 6.20. The summed E-state index contributed by atoms with van der Waals surface area (Å²) in [5, 5.41) is 20.4. The first kappa shape index (κ1) is 24.7. The molecule has 0 bridgehead atoms. The number of pyridine rings is 1. The number of amides is 1. The third-order valence-corrected chi connectivity index (χ3v) is 6.20. The van der Waals surface area contributed by atoms with Crippen molar-refractivity contribution in [1.82, 2.24) is 10.3 Å². The molecular formula is C29H27N3O4. The number of carbonyl (C=O) groups is 3. The summed E-state index contributed by atoms with van der Waals surface area (Å²) in [6, 6.07) is 15.3. The lowest BCUT2D eigenvalue weighted by molar-refractivity contribution is 0.0691. The van der Waals surface area contributed by atoms with Crippen LogP contribution in [0.5, 0.6) is 0 Å². The van der Waals surface area contributed by atoms with Crippen molar-refractivity contribution in [2.75, 3.05) is 6.54 Å². The van der Waals surface area contributed by atoms with Gasteiger partial charge in [0.1, 0.15) is 5.69 Å². The smallest absolute Gasteiger partial charge is 0.355 e. The number of aromatic carboxylic acids is 1. The first-order chi connectivity index (χ1) is 17.3. The van der Waals surface area contributed by atoms with E-state index in [2.05, 4.69) is 16.9 Å². The van der Waals surface area contributed by atoms with Crippen molar-refractivity contribution in [2.45, 2.75) is 26.2 Å². The maximum absolute atomic E-state index is 13.4. The molecule has 1 heterocycles. The highest BCUT2D eigenvalue weighted by Crippen LogP contribution is 2.30. The third kappa shape index (κ3) is 5.63. The first-order valence-electron chi connectivity index (χ1n) is 11.7. The number of carboxylic acid groups (broad SMARTS) is 1. The molecule has 3 N–H and O–H groups in total. The number of aromatic nitrogens is 1. The quantitative estimate of drug-likeness (QED) is 0.277. The van der Waals surface area contributed by atoms with Gasteiger partial charge in [-0.05, 0) is 66.1 Å². The van der Waals surface area contributed by atoms with Crippen LogP contribution in [0.25, 0.3) is 17.2 Å². The van der Waals surface area contributed by atoms with Crippen LogP contribution in [0.15, 0.2) is 61.2 Å². The van der Waals surface area contributed by atoms with Crippen molar-refractivity contribution in [2.24, 2.45) is 5.92 Å². The molecule has 0 unspecified atom stereocenters. The molecule has 1 saturated carbocycles. The van der Waals surface area contributed by atoms with E-state index >= 15 is 0 Å². The summed E-state index contributed by atoms with van der Waals surface area (Å²) in [6.45, 7) is 6.02. The predicted molar refractivity (Wildman–Crippen MR) is 139 cm³/mol. The van der Waals surface area contributed by atoms with E-state index in [1.807, 2.05) is 12.1 Å². The van der Waals surface area contributed by atoms with Gasteiger partial charge < -0.3 is 15.8 Å². The van der Waals surface area contributed by atoms with Crippen LogP contribution >= 0.6 is 0 Å². The zero-order chi connectivity index (χ0) is 25.8. The van der Waals surface area contributed by atoms with Crippen molar-refractivity contribution in [1.29, 1.82) is 5.41 Å². The molecule has 7 heteroatoms. The topological polar surface area (TPSA) is 120 Å². The number of benzene rings is 2. The van der Waals surface area contributed by atoms with Crippen LogP contribution in [0, 0.1) is 11.3 Å². The number of ketones is 1. The molecule has 2 aromatic carbocycles. The maximum atomic E-state index is 13.4. The van der Waals surface area contributed by atoms with Gasteiger partial charge in [-0.3, -0.25) is 9.59 Å². The normalized spacial score (nSPS) is 12.6. The van der Waals surface area contributed by atoms with E-state index in [1.165, 1.54) is 12.1 Å². The van der Waals surface area contributed by atoms with E-state index in [0.29, 0.717) is 29.3 Å². The van der Waals surface area contributed by atoms with Gasteiger partial charge in [-0.25, -0.2) is 9.78 Å². The average Bonchev–Trinajstić information content (AvgIpc) is 3.71. The molecule has 3 aromatic rings. The predicted octanol–water partition coefficient (Wildman–Crippen LogP) is 5.04. The second-order valence-electron chi connectivity index (χ2n) is 8.98. The fourth-order valence-corrected chi connectivity index (χ4v) is 3.92. The molecule has 182 valence electrons. The highest BCUT2D eigenvalue weighted by molar-refractivity contribution is 6.07. The molecule has 36 heavy (non-hydrogen) atoms. The lowest BCUT2D eigenvalue weighted by atomic mass is 9.91. The minimum absolute atomic E-state index is 0.0222. The van der Waals surface area contributed by atoms with Crippen molar-refractivity contribution < 1.29 is 19.5 Å². The van der Waals surface area contributed by atoms with Crippen molar-refractivity contribution in [3.63, 3.8) is 0 Å².